The summed E-state index contributed by atoms with van der Waals surface area (Å²) in [6, 6.07) is 13.4. The lowest BCUT2D eigenvalue weighted by atomic mass is 10.2. The Morgan fingerprint density at radius 2 is 1.57 bits per heavy atom. The maximum absolute atomic E-state index is 10.7. The molecule has 2 aromatic rings. The van der Waals surface area contributed by atoms with E-state index in [9.17, 15) is 4.79 Å². The summed E-state index contributed by atoms with van der Waals surface area (Å²) in [6.07, 6.45) is 1.68. The third-order valence-electron chi connectivity index (χ3n) is 2.60. The molecule has 0 unspecified atom stereocenters. The summed E-state index contributed by atoms with van der Waals surface area (Å²) in [4.78, 5) is 10.7. The highest BCUT2D eigenvalue weighted by Crippen LogP contribution is 2.21. The molecule has 0 aromatic heterocycles. The van der Waals surface area contributed by atoms with Crippen LogP contribution in [0.5, 0.6) is 5.75 Å². The molecule has 21 heavy (non-hydrogen) atoms. The molecule has 0 heterocycles. The van der Waals surface area contributed by atoms with E-state index in [-0.39, 0.29) is 5.56 Å². The molecular weight excluding hydrogens is 268 g/mol. The molecule has 1 N–H and O–H groups in total. The number of hydrogen-bond acceptors (Lipinski definition) is 4. The number of carboxylic acid groups (broad SMARTS) is 1. The summed E-state index contributed by atoms with van der Waals surface area (Å²) in [5, 5.41) is 16.9. The van der Waals surface area contributed by atoms with Crippen LogP contribution in [0.25, 0.3) is 0 Å². The first kappa shape index (κ1) is 14.5. The third kappa shape index (κ3) is 4.28. The minimum Gasteiger partial charge on any atom is -0.490 e. The van der Waals surface area contributed by atoms with E-state index < -0.39 is 5.97 Å². The number of carboxylic acids is 1. The summed E-state index contributed by atoms with van der Waals surface area (Å²) in [7, 11) is 0. The minimum absolute atomic E-state index is 0.220. The first-order valence-corrected chi connectivity index (χ1v) is 6.28. The molecule has 0 saturated carbocycles. The highest BCUT2D eigenvalue weighted by Gasteiger charge is 2.00. The predicted molar refractivity (Wildman–Crippen MR) is 79.7 cm³/mol. The lowest BCUT2D eigenvalue weighted by Gasteiger charge is -2.02. The van der Waals surface area contributed by atoms with Crippen LogP contribution in [0.1, 0.15) is 10.4 Å². The van der Waals surface area contributed by atoms with Crippen LogP contribution in [0.2, 0.25) is 0 Å². The van der Waals surface area contributed by atoms with Crippen LogP contribution in [-0.4, -0.2) is 17.7 Å². The van der Waals surface area contributed by atoms with Gasteiger partial charge in [0.25, 0.3) is 0 Å². The second kappa shape index (κ2) is 7.00. The molecule has 0 aliphatic rings. The standard InChI is InChI=1S/C16H14N2O3/c1-2-11-21-15-9-7-14(8-10-15)18-17-13-5-3-12(4-6-13)16(19)20/h2-10H,1,11H2,(H,19,20). The van der Waals surface area contributed by atoms with Crippen molar-refractivity contribution in [3.8, 4) is 5.75 Å². The first-order valence-electron chi connectivity index (χ1n) is 6.28. The monoisotopic (exact) mass is 282 g/mol. The van der Waals surface area contributed by atoms with Crippen molar-refractivity contribution in [2.75, 3.05) is 6.61 Å². The van der Waals surface area contributed by atoms with Gasteiger partial charge in [-0.2, -0.15) is 10.2 Å². The summed E-state index contributed by atoms with van der Waals surface area (Å²) in [6.45, 7) is 4.03. The van der Waals surface area contributed by atoms with E-state index >= 15 is 0 Å². The Labute approximate surface area is 122 Å². The Morgan fingerprint density at radius 1 is 1.05 bits per heavy atom. The van der Waals surface area contributed by atoms with Crippen molar-refractivity contribution in [1.82, 2.24) is 0 Å². The van der Waals surface area contributed by atoms with Crippen LogP contribution in [0.15, 0.2) is 71.4 Å². The fourth-order valence-corrected chi connectivity index (χ4v) is 1.55. The number of aromatic carboxylic acids is 1. The van der Waals surface area contributed by atoms with Crippen LogP contribution < -0.4 is 4.74 Å². The molecule has 5 nitrogen and oxygen atoms in total. The number of rotatable bonds is 6. The molecular formula is C16H14N2O3. The van der Waals surface area contributed by atoms with Crippen molar-refractivity contribution in [1.29, 1.82) is 0 Å². The largest absolute Gasteiger partial charge is 0.490 e. The van der Waals surface area contributed by atoms with Crippen LogP contribution in [0.4, 0.5) is 11.4 Å². The van der Waals surface area contributed by atoms with E-state index in [4.69, 9.17) is 9.84 Å². The molecule has 0 fully saturated rings. The lowest BCUT2D eigenvalue weighted by Crippen LogP contribution is -1.93. The Kier molecular flexibility index (Phi) is 4.82. The van der Waals surface area contributed by atoms with Gasteiger partial charge >= 0.3 is 5.97 Å². The molecule has 0 radical (unpaired) electrons. The van der Waals surface area contributed by atoms with Crippen molar-refractivity contribution in [2.45, 2.75) is 0 Å². The fraction of sp³-hybridized carbons (Fsp3) is 0.0625. The van der Waals surface area contributed by atoms with Gasteiger partial charge in [0.15, 0.2) is 0 Å². The van der Waals surface area contributed by atoms with E-state index in [1.165, 1.54) is 12.1 Å². The van der Waals surface area contributed by atoms with Crippen LogP contribution >= 0.6 is 0 Å². The van der Waals surface area contributed by atoms with Gasteiger partial charge in [0, 0.05) is 0 Å². The van der Waals surface area contributed by atoms with Gasteiger partial charge in [-0.3, -0.25) is 0 Å². The zero-order valence-electron chi connectivity index (χ0n) is 11.3. The summed E-state index contributed by atoms with van der Waals surface area (Å²) < 4.78 is 5.36. The fourth-order valence-electron chi connectivity index (χ4n) is 1.55. The van der Waals surface area contributed by atoms with Gasteiger partial charge in [0.1, 0.15) is 12.4 Å². The van der Waals surface area contributed by atoms with Gasteiger partial charge in [-0.05, 0) is 48.5 Å². The molecule has 0 amide bonds. The van der Waals surface area contributed by atoms with Gasteiger partial charge in [-0.1, -0.05) is 12.7 Å². The SMILES string of the molecule is C=CCOc1ccc(N=Nc2ccc(C(=O)O)cc2)cc1. The van der Waals surface area contributed by atoms with Crippen molar-refractivity contribution in [2.24, 2.45) is 10.2 Å². The lowest BCUT2D eigenvalue weighted by molar-refractivity contribution is 0.0697. The van der Waals surface area contributed by atoms with Crippen LogP contribution in [0, 0.1) is 0 Å². The topological polar surface area (TPSA) is 71.2 Å². The quantitative estimate of drug-likeness (QED) is 0.631. The maximum Gasteiger partial charge on any atom is 0.335 e. The summed E-state index contributed by atoms with van der Waals surface area (Å²) in [5.74, 6) is -0.228. The molecule has 0 spiro atoms. The number of ether oxygens (including phenoxy) is 1. The highest BCUT2D eigenvalue weighted by molar-refractivity contribution is 5.87. The number of hydrogen-bond donors (Lipinski definition) is 1. The second-order valence-electron chi connectivity index (χ2n) is 4.15. The van der Waals surface area contributed by atoms with Gasteiger partial charge in [0.2, 0.25) is 0 Å². The van der Waals surface area contributed by atoms with E-state index in [1.807, 2.05) is 0 Å². The average Bonchev–Trinajstić information content (AvgIpc) is 2.52. The van der Waals surface area contributed by atoms with Gasteiger partial charge in [-0.15, -0.1) is 0 Å². The smallest absolute Gasteiger partial charge is 0.335 e. The summed E-state index contributed by atoms with van der Waals surface area (Å²) in [5.41, 5.74) is 1.49. The van der Waals surface area contributed by atoms with E-state index in [0.29, 0.717) is 18.0 Å². The number of benzene rings is 2. The Hall–Kier alpha value is -2.95. The zero-order valence-corrected chi connectivity index (χ0v) is 11.3. The van der Waals surface area contributed by atoms with Crippen LogP contribution in [0.3, 0.4) is 0 Å². The van der Waals surface area contributed by atoms with Gasteiger partial charge in [0.05, 0.1) is 16.9 Å². The predicted octanol–water partition coefficient (Wildman–Crippen LogP) is 4.37. The maximum atomic E-state index is 10.7. The molecule has 0 atom stereocenters. The molecule has 2 rings (SSSR count). The van der Waals surface area contributed by atoms with Crippen molar-refractivity contribution in [3.63, 3.8) is 0 Å². The molecule has 2 aromatic carbocycles. The zero-order chi connectivity index (χ0) is 15.1. The molecule has 0 bridgehead atoms. The van der Waals surface area contributed by atoms with E-state index in [1.54, 1.807) is 42.5 Å². The average molecular weight is 282 g/mol. The number of carbonyl (C=O) groups is 1. The number of azo groups is 1. The summed E-state index contributed by atoms with van der Waals surface area (Å²) >= 11 is 0. The Balaban J connectivity index is 2.03. The van der Waals surface area contributed by atoms with E-state index in [0.717, 1.165) is 5.75 Å². The van der Waals surface area contributed by atoms with E-state index in [2.05, 4.69) is 16.8 Å². The highest BCUT2D eigenvalue weighted by atomic mass is 16.5. The van der Waals surface area contributed by atoms with Crippen molar-refractivity contribution < 1.29 is 14.6 Å². The van der Waals surface area contributed by atoms with Gasteiger partial charge < -0.3 is 9.84 Å². The Bertz CT molecular complexity index is 646. The molecule has 0 saturated heterocycles. The van der Waals surface area contributed by atoms with Crippen molar-refractivity contribution >= 4 is 17.3 Å². The minimum atomic E-state index is -0.964. The normalized spacial score (nSPS) is 10.5. The molecule has 0 aliphatic carbocycles. The first-order chi connectivity index (χ1) is 10.2. The third-order valence-corrected chi connectivity index (χ3v) is 2.60. The molecule has 0 aliphatic heterocycles. The molecule has 5 heteroatoms. The van der Waals surface area contributed by atoms with Crippen molar-refractivity contribution in [3.05, 3.63) is 66.7 Å². The number of nitrogens with zero attached hydrogens (tertiary/aromatic N) is 2. The second-order valence-corrected chi connectivity index (χ2v) is 4.15. The van der Waals surface area contributed by atoms with Crippen LogP contribution in [-0.2, 0) is 0 Å². The van der Waals surface area contributed by atoms with Gasteiger partial charge in [-0.25, -0.2) is 4.79 Å². The molecule has 106 valence electrons. The Morgan fingerprint density at radius 3 is 2.05 bits per heavy atom.